The van der Waals surface area contributed by atoms with Crippen LogP contribution in [0, 0.1) is 0 Å². The summed E-state index contributed by atoms with van der Waals surface area (Å²) in [5, 5.41) is 1.32. The highest BCUT2D eigenvalue weighted by molar-refractivity contribution is 6.34. The van der Waals surface area contributed by atoms with Crippen LogP contribution in [0.3, 0.4) is 0 Å². The Kier molecular flexibility index (Phi) is 5.42. The van der Waals surface area contributed by atoms with Crippen LogP contribution in [0.25, 0.3) is 5.69 Å². The molecule has 0 N–H and O–H groups in total. The lowest BCUT2D eigenvalue weighted by molar-refractivity contribution is 0.0374. The van der Waals surface area contributed by atoms with Gasteiger partial charge >= 0.3 is 0 Å². The number of rotatable bonds is 5. The molecular weight excluding hydrogens is 319 g/mol. The molecule has 0 bridgehead atoms. The molecule has 2 heterocycles. The molecule has 0 atom stereocenters. The summed E-state index contributed by atoms with van der Waals surface area (Å²) in [6.45, 7) is 4.93. The van der Waals surface area contributed by atoms with Gasteiger partial charge in [-0.1, -0.05) is 23.2 Å². The summed E-state index contributed by atoms with van der Waals surface area (Å²) >= 11 is 12.2. The number of halogens is 2. The SMILES string of the molecule is Clc1cc(Cl)cc(-n2cccc2CCCN2CCOCC2)c1. The Bertz CT molecular complexity index is 601. The summed E-state index contributed by atoms with van der Waals surface area (Å²) in [6, 6.07) is 9.87. The second-order valence-electron chi connectivity index (χ2n) is 5.55. The monoisotopic (exact) mass is 338 g/mol. The van der Waals surface area contributed by atoms with E-state index >= 15 is 0 Å². The summed E-state index contributed by atoms with van der Waals surface area (Å²) in [6.07, 6.45) is 4.23. The largest absolute Gasteiger partial charge is 0.379 e. The predicted molar refractivity (Wildman–Crippen MR) is 91.4 cm³/mol. The van der Waals surface area contributed by atoms with Gasteiger partial charge in [-0.2, -0.15) is 0 Å². The zero-order valence-electron chi connectivity index (χ0n) is 12.5. The third-order valence-electron chi connectivity index (χ3n) is 3.97. The molecule has 1 aliphatic rings. The van der Waals surface area contributed by atoms with Crippen molar-refractivity contribution in [3.8, 4) is 5.69 Å². The van der Waals surface area contributed by atoms with E-state index in [1.807, 2.05) is 12.1 Å². The van der Waals surface area contributed by atoms with Crippen LogP contribution >= 0.6 is 23.2 Å². The van der Waals surface area contributed by atoms with E-state index in [0.29, 0.717) is 10.0 Å². The van der Waals surface area contributed by atoms with Crippen molar-refractivity contribution in [2.45, 2.75) is 12.8 Å². The van der Waals surface area contributed by atoms with E-state index in [2.05, 4.69) is 27.8 Å². The summed E-state index contributed by atoms with van der Waals surface area (Å²) in [5.74, 6) is 0. The zero-order valence-corrected chi connectivity index (χ0v) is 14.0. The molecule has 1 fully saturated rings. The third-order valence-corrected chi connectivity index (χ3v) is 4.41. The first kappa shape index (κ1) is 15.9. The maximum absolute atomic E-state index is 6.11. The minimum absolute atomic E-state index is 0.662. The first-order chi connectivity index (χ1) is 10.7. The normalized spacial score (nSPS) is 16.1. The molecule has 1 aromatic heterocycles. The maximum Gasteiger partial charge on any atom is 0.0594 e. The molecule has 118 valence electrons. The molecule has 0 spiro atoms. The fourth-order valence-electron chi connectivity index (χ4n) is 2.86. The zero-order chi connectivity index (χ0) is 15.4. The van der Waals surface area contributed by atoms with Crippen molar-refractivity contribution in [1.82, 2.24) is 9.47 Å². The van der Waals surface area contributed by atoms with Crippen molar-refractivity contribution in [2.75, 3.05) is 32.8 Å². The fraction of sp³-hybridized carbons (Fsp3) is 0.412. The van der Waals surface area contributed by atoms with Crippen LogP contribution in [0.1, 0.15) is 12.1 Å². The van der Waals surface area contributed by atoms with Gasteiger partial charge in [0.1, 0.15) is 0 Å². The fourth-order valence-corrected chi connectivity index (χ4v) is 3.37. The van der Waals surface area contributed by atoms with Crippen molar-refractivity contribution in [3.05, 3.63) is 52.3 Å². The molecule has 1 aromatic carbocycles. The van der Waals surface area contributed by atoms with E-state index in [0.717, 1.165) is 51.4 Å². The van der Waals surface area contributed by atoms with Crippen LogP contribution in [0.4, 0.5) is 0 Å². The summed E-state index contributed by atoms with van der Waals surface area (Å²) < 4.78 is 7.54. The molecule has 2 aromatic rings. The van der Waals surface area contributed by atoms with Crippen molar-refractivity contribution < 1.29 is 4.74 Å². The van der Waals surface area contributed by atoms with Gasteiger partial charge in [-0.15, -0.1) is 0 Å². The Morgan fingerprint density at radius 1 is 1.05 bits per heavy atom. The van der Waals surface area contributed by atoms with Crippen LogP contribution in [-0.2, 0) is 11.2 Å². The maximum atomic E-state index is 6.11. The van der Waals surface area contributed by atoms with Crippen LogP contribution in [0.2, 0.25) is 10.0 Å². The van der Waals surface area contributed by atoms with Gasteiger partial charge in [0.15, 0.2) is 0 Å². The van der Waals surface area contributed by atoms with Crippen molar-refractivity contribution >= 4 is 23.2 Å². The Labute approximate surface area is 141 Å². The topological polar surface area (TPSA) is 17.4 Å². The second-order valence-corrected chi connectivity index (χ2v) is 6.43. The summed E-state index contributed by atoms with van der Waals surface area (Å²) in [7, 11) is 0. The molecule has 22 heavy (non-hydrogen) atoms. The number of nitrogens with zero attached hydrogens (tertiary/aromatic N) is 2. The van der Waals surface area contributed by atoms with E-state index in [1.165, 1.54) is 5.69 Å². The molecule has 3 rings (SSSR count). The molecule has 1 saturated heterocycles. The van der Waals surface area contributed by atoms with Gasteiger partial charge in [-0.3, -0.25) is 4.90 Å². The average molecular weight is 339 g/mol. The Hall–Kier alpha value is -1.00. The summed E-state index contributed by atoms with van der Waals surface area (Å²) in [4.78, 5) is 2.47. The Morgan fingerprint density at radius 2 is 1.77 bits per heavy atom. The van der Waals surface area contributed by atoms with Crippen LogP contribution in [0.15, 0.2) is 36.5 Å². The number of aryl methyl sites for hydroxylation is 1. The van der Waals surface area contributed by atoms with Gasteiger partial charge in [0.05, 0.1) is 13.2 Å². The van der Waals surface area contributed by atoms with E-state index in [1.54, 1.807) is 6.07 Å². The highest BCUT2D eigenvalue weighted by Crippen LogP contribution is 2.23. The van der Waals surface area contributed by atoms with E-state index < -0.39 is 0 Å². The van der Waals surface area contributed by atoms with E-state index in [-0.39, 0.29) is 0 Å². The number of ether oxygens (including phenoxy) is 1. The number of morpholine rings is 1. The average Bonchev–Trinajstić information content (AvgIpc) is 2.96. The van der Waals surface area contributed by atoms with E-state index in [9.17, 15) is 0 Å². The highest BCUT2D eigenvalue weighted by Gasteiger charge is 2.10. The number of hydrogen-bond donors (Lipinski definition) is 0. The number of hydrogen-bond acceptors (Lipinski definition) is 2. The second kappa shape index (κ2) is 7.51. The Balaban J connectivity index is 1.64. The quantitative estimate of drug-likeness (QED) is 0.818. The highest BCUT2D eigenvalue weighted by atomic mass is 35.5. The molecule has 0 radical (unpaired) electrons. The van der Waals surface area contributed by atoms with Gasteiger partial charge in [0.25, 0.3) is 0 Å². The molecule has 0 unspecified atom stereocenters. The lowest BCUT2D eigenvalue weighted by atomic mass is 10.2. The molecule has 5 heteroatoms. The van der Waals surface area contributed by atoms with Crippen molar-refractivity contribution in [3.63, 3.8) is 0 Å². The van der Waals surface area contributed by atoms with Crippen LogP contribution < -0.4 is 0 Å². The molecular formula is C17H20Cl2N2O. The standard InChI is InChI=1S/C17H20Cl2N2O/c18-14-11-15(19)13-17(12-14)21-6-2-4-16(21)3-1-5-20-7-9-22-10-8-20/h2,4,6,11-13H,1,3,5,7-10H2. The number of benzene rings is 1. The Morgan fingerprint density at radius 3 is 2.50 bits per heavy atom. The molecule has 0 aliphatic carbocycles. The lowest BCUT2D eigenvalue weighted by Gasteiger charge is -2.26. The summed E-state index contributed by atoms with van der Waals surface area (Å²) in [5.41, 5.74) is 2.30. The third kappa shape index (κ3) is 4.05. The van der Waals surface area contributed by atoms with Gasteiger partial charge in [0.2, 0.25) is 0 Å². The smallest absolute Gasteiger partial charge is 0.0594 e. The van der Waals surface area contributed by atoms with Gasteiger partial charge < -0.3 is 9.30 Å². The molecule has 3 nitrogen and oxygen atoms in total. The van der Waals surface area contributed by atoms with Gasteiger partial charge in [-0.25, -0.2) is 0 Å². The first-order valence-electron chi connectivity index (χ1n) is 7.65. The molecule has 0 amide bonds. The minimum atomic E-state index is 0.662. The first-order valence-corrected chi connectivity index (χ1v) is 8.41. The van der Waals surface area contributed by atoms with Crippen molar-refractivity contribution in [1.29, 1.82) is 0 Å². The van der Waals surface area contributed by atoms with Gasteiger partial charge in [0, 0.05) is 40.7 Å². The van der Waals surface area contributed by atoms with Gasteiger partial charge in [-0.05, 0) is 49.7 Å². The number of aromatic nitrogens is 1. The van der Waals surface area contributed by atoms with E-state index in [4.69, 9.17) is 27.9 Å². The molecule has 0 saturated carbocycles. The minimum Gasteiger partial charge on any atom is -0.379 e. The lowest BCUT2D eigenvalue weighted by Crippen LogP contribution is -2.37. The van der Waals surface area contributed by atoms with Crippen molar-refractivity contribution in [2.24, 2.45) is 0 Å². The molecule has 1 aliphatic heterocycles. The van der Waals surface area contributed by atoms with Crippen LogP contribution in [-0.4, -0.2) is 42.3 Å². The van der Waals surface area contributed by atoms with Crippen LogP contribution in [0.5, 0.6) is 0 Å². The predicted octanol–water partition coefficient (Wildman–Crippen LogP) is 4.05.